The van der Waals surface area contributed by atoms with Crippen molar-refractivity contribution in [2.45, 2.75) is 18.2 Å². The number of carbonyl (C=O) groups is 3. The summed E-state index contributed by atoms with van der Waals surface area (Å²) in [5, 5.41) is 2.61. The minimum atomic E-state index is -3.31. The predicted molar refractivity (Wildman–Crippen MR) is 97.2 cm³/mol. The maximum atomic E-state index is 12.6. The molecule has 0 aromatic heterocycles. The zero-order chi connectivity index (χ0) is 19.3. The molecule has 3 amide bonds. The first-order valence-electron chi connectivity index (χ1n) is 8.98. The van der Waals surface area contributed by atoms with E-state index < -0.39 is 15.7 Å². The molecule has 0 unspecified atom stereocenters. The van der Waals surface area contributed by atoms with Crippen LogP contribution < -0.4 is 5.32 Å². The van der Waals surface area contributed by atoms with Gasteiger partial charge in [0.1, 0.15) is 6.54 Å². The van der Waals surface area contributed by atoms with Crippen molar-refractivity contribution in [3.05, 3.63) is 36.4 Å². The van der Waals surface area contributed by atoms with Crippen LogP contribution in [0.25, 0.3) is 0 Å². The highest BCUT2D eigenvalue weighted by atomic mass is 32.2. The minimum absolute atomic E-state index is 0.00291. The number of rotatable bonds is 5. The number of anilines is 1. The molecule has 2 aliphatic carbocycles. The first-order valence-corrected chi connectivity index (χ1v) is 10.6. The highest BCUT2D eigenvalue weighted by molar-refractivity contribution is 7.91. The Balaban J connectivity index is 1.42. The predicted octanol–water partition coefficient (Wildman–Crippen LogP) is 1.23. The van der Waals surface area contributed by atoms with Crippen LogP contribution in [0.15, 0.2) is 41.3 Å². The van der Waals surface area contributed by atoms with Crippen molar-refractivity contribution < 1.29 is 22.8 Å². The number of hydrogen-bond donors (Lipinski definition) is 1. The van der Waals surface area contributed by atoms with E-state index >= 15 is 0 Å². The van der Waals surface area contributed by atoms with Gasteiger partial charge in [-0.05, 0) is 42.5 Å². The molecule has 3 aliphatic rings. The molecule has 1 heterocycles. The summed E-state index contributed by atoms with van der Waals surface area (Å²) < 4.78 is 23.6. The third kappa shape index (κ3) is 2.88. The molecule has 2 fully saturated rings. The van der Waals surface area contributed by atoms with Crippen LogP contribution in [0.4, 0.5) is 5.69 Å². The van der Waals surface area contributed by atoms with Crippen LogP contribution in [0.3, 0.4) is 0 Å². The summed E-state index contributed by atoms with van der Waals surface area (Å²) in [7, 11) is -3.31. The molecule has 7 nitrogen and oxygen atoms in total. The Bertz CT molecular complexity index is 921. The van der Waals surface area contributed by atoms with Crippen molar-refractivity contribution in [2.24, 2.45) is 23.7 Å². The molecule has 1 saturated heterocycles. The summed E-state index contributed by atoms with van der Waals surface area (Å²) in [6.07, 6.45) is 4.86. The number of imide groups is 1. The number of nitrogens with one attached hydrogen (secondary N) is 1. The number of likely N-dealkylation sites (tertiary alicyclic amines) is 1. The van der Waals surface area contributed by atoms with Gasteiger partial charge < -0.3 is 5.32 Å². The van der Waals surface area contributed by atoms with Crippen molar-refractivity contribution in [3.63, 3.8) is 0 Å². The molecule has 0 spiro atoms. The number of fused-ring (bicyclic) bond motifs is 5. The third-order valence-electron chi connectivity index (χ3n) is 5.74. The molecule has 2 bridgehead atoms. The van der Waals surface area contributed by atoms with E-state index in [9.17, 15) is 22.8 Å². The van der Waals surface area contributed by atoms with Gasteiger partial charge in [-0.25, -0.2) is 8.42 Å². The minimum Gasteiger partial charge on any atom is -0.325 e. The van der Waals surface area contributed by atoms with Gasteiger partial charge in [0.2, 0.25) is 17.7 Å². The second kappa shape index (κ2) is 6.30. The molecule has 1 saturated carbocycles. The molecule has 8 heteroatoms. The average Bonchev–Trinajstić information content (AvgIpc) is 3.32. The maximum Gasteiger partial charge on any atom is 0.244 e. The average molecular weight is 388 g/mol. The number of hydrogen-bond acceptors (Lipinski definition) is 5. The molecule has 1 N–H and O–H groups in total. The van der Waals surface area contributed by atoms with E-state index in [1.807, 2.05) is 12.2 Å². The Hall–Kier alpha value is -2.48. The number of carbonyl (C=O) groups excluding carboxylic acids is 3. The topological polar surface area (TPSA) is 101 Å². The molecule has 0 radical (unpaired) electrons. The van der Waals surface area contributed by atoms with Crippen LogP contribution in [0, 0.1) is 23.7 Å². The molecular formula is C19H20N2O5S. The summed E-state index contributed by atoms with van der Waals surface area (Å²) in [6, 6.07) is 5.84. The number of allylic oxidation sites excluding steroid dienone is 2. The second-order valence-electron chi connectivity index (χ2n) is 7.24. The Morgan fingerprint density at radius 1 is 1.07 bits per heavy atom. The molecule has 27 heavy (non-hydrogen) atoms. The zero-order valence-electron chi connectivity index (χ0n) is 14.8. The standard InChI is InChI=1S/C19H20N2O5S/c1-2-27(25,26)14-7-5-13(6-8-14)20-15(22)10-21-18(23)16-11-3-4-12(9-11)17(16)19(21)24/h3-8,11-12,16-17H,2,9-10H2,1H3,(H,20,22)/t11-,12-,16+,17+/m0/s1. The lowest BCUT2D eigenvalue weighted by Gasteiger charge is -2.16. The van der Waals surface area contributed by atoms with Gasteiger partial charge >= 0.3 is 0 Å². The number of benzene rings is 1. The van der Waals surface area contributed by atoms with Crippen LogP contribution in [0.2, 0.25) is 0 Å². The first kappa shape index (κ1) is 17.9. The van der Waals surface area contributed by atoms with E-state index in [-0.39, 0.29) is 52.7 Å². The van der Waals surface area contributed by atoms with E-state index in [0.29, 0.717) is 5.69 Å². The Kier molecular flexibility index (Phi) is 4.18. The van der Waals surface area contributed by atoms with E-state index in [2.05, 4.69) is 5.32 Å². The van der Waals surface area contributed by atoms with Crippen LogP contribution >= 0.6 is 0 Å². The van der Waals surface area contributed by atoms with Gasteiger partial charge in [0.25, 0.3) is 0 Å². The van der Waals surface area contributed by atoms with Gasteiger partial charge in [-0.2, -0.15) is 0 Å². The smallest absolute Gasteiger partial charge is 0.244 e. The largest absolute Gasteiger partial charge is 0.325 e. The molecule has 4 atom stereocenters. The van der Waals surface area contributed by atoms with Gasteiger partial charge in [0, 0.05) is 5.69 Å². The Morgan fingerprint density at radius 3 is 2.15 bits per heavy atom. The molecular weight excluding hydrogens is 368 g/mol. The lowest BCUT2D eigenvalue weighted by molar-refractivity contribution is -0.143. The van der Waals surface area contributed by atoms with Crippen LogP contribution in [-0.2, 0) is 24.2 Å². The zero-order valence-corrected chi connectivity index (χ0v) is 15.6. The van der Waals surface area contributed by atoms with Crippen molar-refractivity contribution >= 4 is 33.2 Å². The number of nitrogens with zero attached hydrogens (tertiary/aromatic N) is 1. The van der Waals surface area contributed by atoms with Crippen molar-refractivity contribution in [1.82, 2.24) is 4.90 Å². The fourth-order valence-electron chi connectivity index (χ4n) is 4.38. The van der Waals surface area contributed by atoms with Gasteiger partial charge in [-0.3, -0.25) is 19.3 Å². The molecule has 1 aromatic carbocycles. The molecule has 1 aromatic rings. The Morgan fingerprint density at radius 2 is 1.63 bits per heavy atom. The fraction of sp³-hybridized carbons (Fsp3) is 0.421. The van der Waals surface area contributed by atoms with E-state index in [4.69, 9.17) is 0 Å². The fourth-order valence-corrected chi connectivity index (χ4v) is 5.26. The van der Waals surface area contributed by atoms with Crippen molar-refractivity contribution in [3.8, 4) is 0 Å². The van der Waals surface area contributed by atoms with Crippen LogP contribution in [0.5, 0.6) is 0 Å². The summed E-state index contributed by atoms with van der Waals surface area (Å²) in [5.41, 5.74) is 0.413. The van der Waals surface area contributed by atoms with Crippen molar-refractivity contribution in [1.29, 1.82) is 0 Å². The summed E-state index contributed by atoms with van der Waals surface area (Å²) in [4.78, 5) is 38.7. The van der Waals surface area contributed by atoms with E-state index in [0.717, 1.165) is 11.3 Å². The SMILES string of the molecule is CCS(=O)(=O)c1ccc(NC(=O)CN2C(=O)[C@H]3[C@H](C2=O)[C@H]2C=C[C@H]3C2)cc1. The van der Waals surface area contributed by atoms with Crippen molar-refractivity contribution in [2.75, 3.05) is 17.6 Å². The number of sulfone groups is 1. The van der Waals surface area contributed by atoms with Crippen LogP contribution in [-0.4, -0.2) is 43.3 Å². The quantitative estimate of drug-likeness (QED) is 0.604. The van der Waals surface area contributed by atoms with Gasteiger partial charge in [0.05, 0.1) is 22.5 Å². The molecule has 1 aliphatic heterocycles. The first-order chi connectivity index (χ1) is 12.8. The molecule has 142 valence electrons. The third-order valence-corrected chi connectivity index (χ3v) is 7.49. The monoisotopic (exact) mass is 388 g/mol. The molecule has 4 rings (SSSR count). The van der Waals surface area contributed by atoms with Gasteiger partial charge in [-0.15, -0.1) is 0 Å². The van der Waals surface area contributed by atoms with Gasteiger partial charge in [0.15, 0.2) is 9.84 Å². The highest BCUT2D eigenvalue weighted by Gasteiger charge is 2.59. The van der Waals surface area contributed by atoms with E-state index in [1.165, 1.54) is 24.3 Å². The normalized spacial score (nSPS) is 28.7. The second-order valence-corrected chi connectivity index (χ2v) is 9.52. The maximum absolute atomic E-state index is 12.6. The summed E-state index contributed by atoms with van der Waals surface area (Å²) in [5.74, 6) is -1.43. The summed E-state index contributed by atoms with van der Waals surface area (Å²) in [6.45, 7) is 1.24. The lowest BCUT2D eigenvalue weighted by atomic mass is 9.85. The Labute approximate surface area is 157 Å². The highest BCUT2D eigenvalue weighted by Crippen LogP contribution is 2.52. The number of amides is 3. The van der Waals surface area contributed by atoms with Crippen LogP contribution in [0.1, 0.15) is 13.3 Å². The van der Waals surface area contributed by atoms with E-state index in [1.54, 1.807) is 6.92 Å². The summed E-state index contributed by atoms with van der Waals surface area (Å²) >= 11 is 0. The lowest BCUT2D eigenvalue weighted by Crippen LogP contribution is -2.39. The van der Waals surface area contributed by atoms with Gasteiger partial charge in [-0.1, -0.05) is 19.1 Å².